The van der Waals surface area contributed by atoms with Gasteiger partial charge in [-0.15, -0.1) is 0 Å². The summed E-state index contributed by atoms with van der Waals surface area (Å²) in [6.45, 7) is 6.39. The van der Waals surface area contributed by atoms with Crippen LogP contribution in [-0.2, 0) is 4.74 Å². The molecule has 0 heterocycles. The van der Waals surface area contributed by atoms with Gasteiger partial charge in [0, 0.05) is 18.2 Å². The molecule has 22 heavy (non-hydrogen) atoms. The number of methoxy groups -OCH3 is 2. The van der Waals surface area contributed by atoms with E-state index in [0.29, 0.717) is 16.7 Å². The average Bonchev–Trinajstić information content (AvgIpc) is 2.46. The van der Waals surface area contributed by atoms with Gasteiger partial charge in [-0.05, 0) is 31.5 Å². The molecule has 2 rings (SSSR count). The third-order valence-electron chi connectivity index (χ3n) is 4.95. The fourth-order valence-corrected chi connectivity index (χ4v) is 3.01. The Bertz CT molecular complexity index is 589. The van der Waals surface area contributed by atoms with Crippen molar-refractivity contribution in [3.8, 4) is 5.75 Å². The summed E-state index contributed by atoms with van der Waals surface area (Å²) in [5, 5.41) is 3.59. The minimum Gasteiger partial charge on any atom is -0.495 e. The highest BCUT2D eigenvalue weighted by atomic mass is 35.5. The van der Waals surface area contributed by atoms with Crippen molar-refractivity contribution in [1.82, 2.24) is 0 Å². The molecule has 0 amide bonds. The van der Waals surface area contributed by atoms with Crippen LogP contribution in [0.15, 0.2) is 23.2 Å². The van der Waals surface area contributed by atoms with Gasteiger partial charge in [-0.25, -0.2) is 4.99 Å². The summed E-state index contributed by atoms with van der Waals surface area (Å²) in [4.78, 5) is 4.57. The Morgan fingerprint density at radius 2 is 2.05 bits per heavy atom. The van der Waals surface area contributed by atoms with Crippen molar-refractivity contribution in [3.05, 3.63) is 23.2 Å². The van der Waals surface area contributed by atoms with Gasteiger partial charge in [0.1, 0.15) is 5.75 Å². The third kappa shape index (κ3) is 2.88. The van der Waals surface area contributed by atoms with Crippen LogP contribution in [0.4, 0.5) is 5.69 Å². The number of ether oxygens (including phenoxy) is 2. The first-order valence-corrected chi connectivity index (χ1v) is 7.60. The minimum atomic E-state index is -0.162. The summed E-state index contributed by atoms with van der Waals surface area (Å²) in [5.74, 6) is 0.996. The smallest absolute Gasteiger partial charge is 0.193 e. The molecule has 1 fully saturated rings. The van der Waals surface area contributed by atoms with Crippen molar-refractivity contribution < 1.29 is 9.47 Å². The summed E-state index contributed by atoms with van der Waals surface area (Å²) < 4.78 is 10.7. The van der Waals surface area contributed by atoms with E-state index >= 15 is 0 Å². The van der Waals surface area contributed by atoms with Gasteiger partial charge in [0.05, 0.1) is 23.8 Å². The lowest BCUT2D eigenvalue weighted by Gasteiger charge is -2.57. The summed E-state index contributed by atoms with van der Waals surface area (Å²) >= 11 is 6.10. The van der Waals surface area contributed by atoms with Gasteiger partial charge in [-0.1, -0.05) is 25.4 Å². The fourth-order valence-electron chi connectivity index (χ4n) is 2.75. The Labute approximate surface area is 136 Å². The molecule has 1 saturated carbocycles. The lowest BCUT2D eigenvalue weighted by Crippen LogP contribution is -2.62. The van der Waals surface area contributed by atoms with E-state index in [1.54, 1.807) is 26.4 Å². The first-order valence-electron chi connectivity index (χ1n) is 7.22. The number of rotatable bonds is 4. The number of nitrogens with one attached hydrogen (secondary N) is 1. The predicted octanol–water partition coefficient (Wildman–Crippen LogP) is 3.28. The molecule has 1 aromatic carbocycles. The zero-order chi connectivity index (χ0) is 16.5. The van der Waals surface area contributed by atoms with Crippen molar-refractivity contribution in [3.63, 3.8) is 0 Å². The zero-order valence-electron chi connectivity index (χ0n) is 13.7. The maximum Gasteiger partial charge on any atom is 0.193 e. The minimum absolute atomic E-state index is 0.0639. The molecule has 5 nitrogen and oxygen atoms in total. The standard InChI is InChI=1S/C16H24ClN3O2/c1-15(2)13(9-16(15,3)22-5)20-14(18)19-10-6-7-12(21-4)11(17)8-10/h6-8,13H,9H2,1-5H3,(H3,18,19,20). The molecule has 0 aliphatic heterocycles. The highest BCUT2D eigenvalue weighted by Crippen LogP contribution is 2.53. The Morgan fingerprint density at radius 3 is 2.55 bits per heavy atom. The van der Waals surface area contributed by atoms with Crippen molar-refractivity contribution in [2.75, 3.05) is 19.5 Å². The van der Waals surface area contributed by atoms with Crippen LogP contribution in [0.3, 0.4) is 0 Å². The monoisotopic (exact) mass is 325 g/mol. The molecule has 1 aromatic rings. The number of anilines is 1. The van der Waals surface area contributed by atoms with Gasteiger partial charge in [0.15, 0.2) is 5.96 Å². The molecular weight excluding hydrogens is 302 g/mol. The van der Waals surface area contributed by atoms with Gasteiger partial charge in [0.25, 0.3) is 0 Å². The Kier molecular flexibility index (Phi) is 4.59. The van der Waals surface area contributed by atoms with E-state index in [1.807, 2.05) is 6.07 Å². The summed E-state index contributed by atoms with van der Waals surface area (Å²) in [5.41, 5.74) is 6.56. The van der Waals surface area contributed by atoms with E-state index in [-0.39, 0.29) is 17.1 Å². The van der Waals surface area contributed by atoms with Crippen LogP contribution < -0.4 is 15.8 Å². The second kappa shape index (κ2) is 5.97. The molecule has 1 aliphatic carbocycles. The third-order valence-corrected chi connectivity index (χ3v) is 5.24. The molecule has 6 heteroatoms. The lowest BCUT2D eigenvalue weighted by molar-refractivity contribution is -0.171. The van der Waals surface area contributed by atoms with Crippen LogP contribution in [0.25, 0.3) is 0 Å². The van der Waals surface area contributed by atoms with E-state index < -0.39 is 0 Å². The average molecular weight is 326 g/mol. The number of nitrogens with two attached hydrogens (primary N) is 1. The Morgan fingerprint density at radius 1 is 1.36 bits per heavy atom. The number of hydrogen-bond acceptors (Lipinski definition) is 3. The predicted molar refractivity (Wildman–Crippen MR) is 90.8 cm³/mol. The molecule has 0 saturated heterocycles. The van der Waals surface area contributed by atoms with E-state index in [9.17, 15) is 0 Å². The van der Waals surface area contributed by atoms with Crippen LogP contribution in [0.1, 0.15) is 27.2 Å². The summed E-state index contributed by atoms with van der Waals surface area (Å²) in [6.07, 6.45) is 0.849. The molecular formula is C16H24ClN3O2. The van der Waals surface area contributed by atoms with E-state index in [2.05, 4.69) is 31.1 Å². The van der Waals surface area contributed by atoms with Crippen LogP contribution in [0.5, 0.6) is 5.75 Å². The highest BCUT2D eigenvalue weighted by Gasteiger charge is 2.58. The Hall–Kier alpha value is -1.46. The molecule has 122 valence electrons. The second-order valence-corrected chi connectivity index (χ2v) is 6.77. The van der Waals surface area contributed by atoms with Gasteiger partial charge in [-0.2, -0.15) is 0 Å². The fraction of sp³-hybridized carbons (Fsp3) is 0.562. The van der Waals surface area contributed by atoms with Gasteiger partial charge < -0.3 is 20.5 Å². The normalized spacial score (nSPS) is 27.2. The number of aliphatic imine (C=N–C) groups is 1. The molecule has 0 radical (unpaired) electrons. The van der Waals surface area contributed by atoms with E-state index in [4.69, 9.17) is 26.8 Å². The number of nitrogens with zero attached hydrogens (tertiary/aromatic N) is 1. The molecule has 3 N–H and O–H groups in total. The van der Waals surface area contributed by atoms with Crippen molar-refractivity contribution in [2.45, 2.75) is 38.8 Å². The van der Waals surface area contributed by atoms with Gasteiger partial charge in [0.2, 0.25) is 0 Å². The maximum absolute atomic E-state index is 6.10. The van der Waals surface area contributed by atoms with Crippen LogP contribution in [0.2, 0.25) is 5.02 Å². The topological polar surface area (TPSA) is 68.9 Å². The number of halogens is 1. The quantitative estimate of drug-likeness (QED) is 0.658. The van der Waals surface area contributed by atoms with E-state index in [1.165, 1.54) is 0 Å². The SMILES string of the molecule is COc1ccc(NC(N)=NC2CC(C)(OC)C2(C)C)cc1Cl. The van der Waals surface area contributed by atoms with Gasteiger partial charge >= 0.3 is 0 Å². The molecule has 2 unspecified atom stereocenters. The largest absolute Gasteiger partial charge is 0.495 e. The molecule has 0 bridgehead atoms. The Balaban J connectivity index is 2.07. The van der Waals surface area contributed by atoms with Crippen molar-refractivity contribution >= 4 is 23.2 Å². The molecule has 0 aromatic heterocycles. The summed E-state index contributed by atoms with van der Waals surface area (Å²) in [6, 6.07) is 5.51. The number of hydrogen-bond donors (Lipinski definition) is 2. The molecule has 0 spiro atoms. The van der Waals surface area contributed by atoms with Crippen LogP contribution >= 0.6 is 11.6 Å². The first-order chi connectivity index (χ1) is 10.2. The molecule has 1 aliphatic rings. The van der Waals surface area contributed by atoms with Gasteiger partial charge in [-0.3, -0.25) is 0 Å². The van der Waals surface area contributed by atoms with E-state index in [0.717, 1.165) is 12.1 Å². The second-order valence-electron chi connectivity index (χ2n) is 6.37. The first kappa shape index (κ1) is 16.9. The van der Waals surface area contributed by atoms with Crippen LogP contribution in [-0.4, -0.2) is 31.8 Å². The zero-order valence-corrected chi connectivity index (χ0v) is 14.5. The number of benzene rings is 1. The van der Waals surface area contributed by atoms with Crippen LogP contribution in [0, 0.1) is 5.41 Å². The molecule has 2 atom stereocenters. The summed E-state index contributed by atoms with van der Waals surface area (Å²) in [7, 11) is 3.32. The van der Waals surface area contributed by atoms with Crippen molar-refractivity contribution in [1.29, 1.82) is 0 Å². The lowest BCUT2D eigenvalue weighted by atomic mass is 9.56. The maximum atomic E-state index is 6.10. The highest BCUT2D eigenvalue weighted by molar-refractivity contribution is 6.32. The number of guanidine groups is 1. The van der Waals surface area contributed by atoms with Crippen molar-refractivity contribution in [2.24, 2.45) is 16.1 Å².